The maximum atomic E-state index is 12.2. The van der Waals surface area contributed by atoms with Crippen LogP contribution in [0.25, 0.3) is 11.0 Å². The van der Waals surface area contributed by atoms with Crippen LogP contribution in [0.3, 0.4) is 0 Å². The topological polar surface area (TPSA) is 161 Å². The number of carbonyl (C=O) groups is 1. The molecule has 29 heavy (non-hydrogen) atoms. The molecular weight excluding hydrogens is 567 g/mol. The number of rotatable bonds is 5. The summed E-state index contributed by atoms with van der Waals surface area (Å²) in [4.78, 5) is 32.3. The molecule has 0 bridgehead atoms. The first-order valence-corrected chi connectivity index (χ1v) is 9.42. The van der Waals surface area contributed by atoms with Gasteiger partial charge in [0, 0.05) is 15.9 Å². The highest BCUT2D eigenvalue weighted by Crippen LogP contribution is 2.33. The molecule has 0 atom stereocenters. The number of nitro benzene ring substituents is 2. The lowest BCUT2D eigenvalue weighted by atomic mass is 10.1. The van der Waals surface area contributed by atoms with Gasteiger partial charge in [0.25, 0.3) is 5.69 Å². The van der Waals surface area contributed by atoms with Gasteiger partial charge >= 0.3 is 11.6 Å². The van der Waals surface area contributed by atoms with Crippen LogP contribution in [-0.4, -0.2) is 27.1 Å². The highest BCUT2D eigenvalue weighted by molar-refractivity contribution is 14.1. The van der Waals surface area contributed by atoms with Crippen LogP contribution in [0, 0.1) is 23.8 Å². The Bertz CT molecular complexity index is 1210. The van der Waals surface area contributed by atoms with Crippen molar-refractivity contribution in [1.82, 2.24) is 5.43 Å². The third-order valence-corrected chi connectivity index (χ3v) is 4.90. The number of halogens is 2. The first kappa shape index (κ1) is 20.7. The molecule has 3 rings (SSSR count). The summed E-state index contributed by atoms with van der Waals surface area (Å²) in [7, 11) is 0. The second kappa shape index (κ2) is 8.12. The van der Waals surface area contributed by atoms with Crippen LogP contribution in [0.4, 0.5) is 11.4 Å². The molecule has 3 aromatic rings. The number of nitro groups is 2. The minimum atomic E-state index is -0.966. The Balaban J connectivity index is 1.86. The molecule has 0 aliphatic heterocycles. The minimum absolute atomic E-state index is 0.0394. The van der Waals surface area contributed by atoms with Crippen molar-refractivity contribution in [2.75, 3.05) is 0 Å². The van der Waals surface area contributed by atoms with Gasteiger partial charge in [-0.05, 0) is 40.8 Å². The summed E-state index contributed by atoms with van der Waals surface area (Å²) >= 11 is 5.40. The molecule has 0 saturated carbocycles. The van der Waals surface area contributed by atoms with Crippen molar-refractivity contribution >= 4 is 73.0 Å². The standard InChI is InChI=1S/C16H8BrIN4O7/c17-9-1-7-3-13(29-15(7)11(18)4-9)16(24)20-19-6-8-2-10(21(25)26)5-12(14(8)23)22(27)28/h1-6,23H,(H,20,24)/b19-6-. The summed E-state index contributed by atoms with van der Waals surface area (Å²) in [5, 5.41) is 36.0. The normalized spacial score (nSPS) is 11.1. The lowest BCUT2D eigenvalue weighted by molar-refractivity contribution is -0.394. The van der Waals surface area contributed by atoms with Gasteiger partial charge in [-0.15, -0.1) is 0 Å². The Kier molecular flexibility index (Phi) is 5.78. The number of hydrogen-bond acceptors (Lipinski definition) is 8. The average Bonchev–Trinajstić information content (AvgIpc) is 3.07. The molecule has 0 spiro atoms. The molecule has 0 saturated heterocycles. The molecule has 1 amide bonds. The molecule has 13 heteroatoms. The number of nitrogens with zero attached hydrogens (tertiary/aromatic N) is 3. The number of carbonyl (C=O) groups excluding carboxylic acids is 1. The molecule has 0 aliphatic rings. The van der Waals surface area contributed by atoms with Crippen LogP contribution in [-0.2, 0) is 0 Å². The SMILES string of the molecule is O=C(N/N=C\c1cc([N+](=O)[O-])cc([N+](=O)[O-])c1O)c1cc2cc(Br)cc(I)c2o1. The van der Waals surface area contributed by atoms with Gasteiger partial charge in [-0.25, -0.2) is 5.43 Å². The molecule has 11 nitrogen and oxygen atoms in total. The number of aromatic hydroxyl groups is 1. The Morgan fingerprint density at radius 1 is 1.21 bits per heavy atom. The highest BCUT2D eigenvalue weighted by Gasteiger charge is 2.23. The third-order valence-electron chi connectivity index (χ3n) is 3.64. The van der Waals surface area contributed by atoms with E-state index in [0.717, 1.165) is 20.3 Å². The number of amides is 1. The van der Waals surface area contributed by atoms with Crippen LogP contribution < -0.4 is 5.43 Å². The van der Waals surface area contributed by atoms with Gasteiger partial charge in [-0.3, -0.25) is 25.0 Å². The fraction of sp³-hybridized carbons (Fsp3) is 0. The van der Waals surface area contributed by atoms with Crippen molar-refractivity contribution < 1.29 is 24.2 Å². The monoisotopic (exact) mass is 574 g/mol. The highest BCUT2D eigenvalue weighted by atomic mass is 127. The van der Waals surface area contributed by atoms with Crippen molar-refractivity contribution in [3.8, 4) is 5.75 Å². The van der Waals surface area contributed by atoms with E-state index in [-0.39, 0.29) is 11.3 Å². The van der Waals surface area contributed by atoms with Gasteiger partial charge in [0.15, 0.2) is 5.76 Å². The van der Waals surface area contributed by atoms with Gasteiger partial charge in [-0.2, -0.15) is 5.10 Å². The van der Waals surface area contributed by atoms with Crippen LogP contribution in [0.1, 0.15) is 16.1 Å². The van der Waals surface area contributed by atoms with E-state index in [2.05, 4.69) is 49.0 Å². The number of hydrazone groups is 1. The molecule has 148 valence electrons. The van der Waals surface area contributed by atoms with Crippen LogP contribution in [0.5, 0.6) is 5.75 Å². The van der Waals surface area contributed by atoms with Gasteiger partial charge in [0.05, 0.1) is 31.3 Å². The molecule has 2 N–H and O–H groups in total. The van der Waals surface area contributed by atoms with Gasteiger partial charge in [0.1, 0.15) is 5.58 Å². The number of nitrogens with one attached hydrogen (secondary N) is 1. The molecule has 2 aromatic carbocycles. The van der Waals surface area contributed by atoms with E-state index in [1.54, 1.807) is 6.07 Å². The lowest BCUT2D eigenvalue weighted by Crippen LogP contribution is -2.16. The van der Waals surface area contributed by atoms with Gasteiger partial charge < -0.3 is 9.52 Å². The molecule has 0 aliphatic carbocycles. The third kappa shape index (κ3) is 4.34. The fourth-order valence-electron chi connectivity index (χ4n) is 2.37. The van der Waals surface area contributed by atoms with Crippen molar-refractivity contribution in [2.24, 2.45) is 5.10 Å². The maximum absolute atomic E-state index is 12.2. The number of furan rings is 1. The maximum Gasteiger partial charge on any atom is 0.318 e. The molecule has 1 aromatic heterocycles. The molecule has 1 heterocycles. The Hall–Kier alpha value is -3.07. The second-order valence-corrected chi connectivity index (χ2v) is 7.61. The second-order valence-electron chi connectivity index (χ2n) is 5.53. The van der Waals surface area contributed by atoms with Crippen LogP contribution >= 0.6 is 38.5 Å². The number of hydrogen-bond donors (Lipinski definition) is 2. The smallest absolute Gasteiger partial charge is 0.318 e. The van der Waals surface area contributed by atoms with E-state index in [4.69, 9.17) is 4.42 Å². The number of non-ortho nitro benzene ring substituents is 1. The van der Waals surface area contributed by atoms with Crippen molar-refractivity contribution in [3.05, 3.63) is 69.9 Å². The number of fused-ring (bicyclic) bond motifs is 1. The Morgan fingerprint density at radius 3 is 2.59 bits per heavy atom. The van der Waals surface area contributed by atoms with E-state index in [1.165, 1.54) is 6.07 Å². The van der Waals surface area contributed by atoms with Gasteiger partial charge in [0.2, 0.25) is 5.75 Å². The average molecular weight is 575 g/mol. The van der Waals surface area contributed by atoms with E-state index >= 15 is 0 Å². The predicted octanol–water partition coefficient (Wildman–Crippen LogP) is 4.09. The summed E-state index contributed by atoms with van der Waals surface area (Å²) < 4.78 is 7.09. The van der Waals surface area contributed by atoms with E-state index in [1.807, 2.05) is 6.07 Å². The van der Waals surface area contributed by atoms with E-state index < -0.39 is 32.9 Å². The quantitative estimate of drug-likeness (QED) is 0.201. The molecule has 0 fully saturated rings. The largest absolute Gasteiger partial charge is 0.502 e. The molecular formula is C16H8BrIN4O7. The first-order chi connectivity index (χ1) is 13.7. The molecule has 0 unspecified atom stereocenters. The first-order valence-electron chi connectivity index (χ1n) is 7.55. The number of benzene rings is 2. The zero-order valence-electron chi connectivity index (χ0n) is 14.0. The van der Waals surface area contributed by atoms with Crippen LogP contribution in [0.2, 0.25) is 0 Å². The number of phenolic OH excluding ortho intramolecular Hbond substituents is 1. The summed E-state index contributed by atoms with van der Waals surface area (Å²) in [6, 6.07) is 6.59. The van der Waals surface area contributed by atoms with E-state index in [9.17, 15) is 30.1 Å². The van der Waals surface area contributed by atoms with E-state index in [0.29, 0.717) is 17.0 Å². The summed E-state index contributed by atoms with van der Waals surface area (Å²) in [5.41, 5.74) is 0.869. The lowest BCUT2D eigenvalue weighted by Gasteiger charge is -2.01. The fourth-order valence-corrected chi connectivity index (χ4v) is 4.03. The number of phenols is 1. The summed E-state index contributed by atoms with van der Waals surface area (Å²) in [5.74, 6) is -1.58. The zero-order valence-corrected chi connectivity index (χ0v) is 17.7. The summed E-state index contributed by atoms with van der Waals surface area (Å²) in [6.07, 6.45) is 0.857. The zero-order chi connectivity index (χ0) is 21.3. The Labute approximate surface area is 183 Å². The van der Waals surface area contributed by atoms with Gasteiger partial charge in [-0.1, -0.05) is 15.9 Å². The predicted molar refractivity (Wildman–Crippen MR) is 113 cm³/mol. The van der Waals surface area contributed by atoms with Crippen molar-refractivity contribution in [3.63, 3.8) is 0 Å². The van der Waals surface area contributed by atoms with Crippen molar-refractivity contribution in [1.29, 1.82) is 0 Å². The van der Waals surface area contributed by atoms with Crippen molar-refractivity contribution in [2.45, 2.75) is 0 Å². The minimum Gasteiger partial charge on any atom is -0.502 e. The summed E-state index contributed by atoms with van der Waals surface area (Å²) in [6.45, 7) is 0. The Morgan fingerprint density at radius 2 is 1.93 bits per heavy atom. The van der Waals surface area contributed by atoms with Crippen LogP contribution in [0.15, 0.2) is 44.3 Å². The molecule has 0 radical (unpaired) electrons.